The summed E-state index contributed by atoms with van der Waals surface area (Å²) < 4.78 is 12.2. The van der Waals surface area contributed by atoms with Gasteiger partial charge in [-0.05, 0) is 24.3 Å². The van der Waals surface area contributed by atoms with Crippen LogP contribution in [-0.4, -0.2) is 29.5 Å². The van der Waals surface area contributed by atoms with Crippen molar-refractivity contribution in [2.45, 2.75) is 6.54 Å². The number of aromatic nitrogens is 2. The maximum atomic E-state index is 12.4. The van der Waals surface area contributed by atoms with E-state index in [-0.39, 0.29) is 12.5 Å². The van der Waals surface area contributed by atoms with Crippen LogP contribution in [0.2, 0.25) is 10.0 Å². The topological polar surface area (TPSA) is 64.9 Å². The first kappa shape index (κ1) is 17.4. The van der Waals surface area contributed by atoms with Crippen molar-refractivity contribution in [2.75, 3.05) is 14.2 Å². The fourth-order valence-corrected chi connectivity index (χ4v) is 2.88. The van der Waals surface area contributed by atoms with Crippen molar-refractivity contribution >= 4 is 34.8 Å². The van der Waals surface area contributed by atoms with Crippen LogP contribution < -0.4 is 14.8 Å². The number of imidazole rings is 1. The maximum absolute atomic E-state index is 12.4. The molecule has 0 atom stereocenters. The van der Waals surface area contributed by atoms with Gasteiger partial charge in [-0.25, -0.2) is 4.98 Å². The van der Waals surface area contributed by atoms with Gasteiger partial charge in [0.1, 0.15) is 5.65 Å². The molecule has 0 aliphatic carbocycles. The number of hydrogen-bond donors (Lipinski definition) is 1. The van der Waals surface area contributed by atoms with Gasteiger partial charge in [-0.3, -0.25) is 4.79 Å². The van der Waals surface area contributed by atoms with Crippen LogP contribution in [0.25, 0.3) is 5.65 Å². The van der Waals surface area contributed by atoms with Crippen LogP contribution in [0.4, 0.5) is 0 Å². The van der Waals surface area contributed by atoms with E-state index in [2.05, 4.69) is 10.3 Å². The predicted octanol–water partition coefficient (Wildman–Crippen LogP) is 3.59. The summed E-state index contributed by atoms with van der Waals surface area (Å²) in [4.78, 5) is 16.8. The van der Waals surface area contributed by atoms with Gasteiger partial charge in [0.25, 0.3) is 5.91 Å². The number of nitrogens with zero attached hydrogens (tertiary/aromatic N) is 2. The Bertz CT molecular complexity index is 940. The van der Waals surface area contributed by atoms with Crippen molar-refractivity contribution in [1.82, 2.24) is 14.7 Å². The summed E-state index contributed by atoms with van der Waals surface area (Å²) in [5, 5.41) is 3.72. The molecule has 2 aromatic heterocycles. The van der Waals surface area contributed by atoms with Gasteiger partial charge in [-0.1, -0.05) is 23.2 Å². The van der Waals surface area contributed by atoms with Crippen molar-refractivity contribution < 1.29 is 14.3 Å². The van der Waals surface area contributed by atoms with Gasteiger partial charge in [0.15, 0.2) is 11.5 Å². The minimum absolute atomic E-state index is 0.268. The first-order valence-electron chi connectivity index (χ1n) is 7.34. The standard InChI is InChI=1S/C17H15Cl2N3O3/c1-24-14-6-10(5-13(19)16(14)25-2)17(23)20-7-12-9-22-8-11(18)3-4-15(22)21-12/h3-6,8-9H,7H2,1-2H3,(H,20,23). The quantitative estimate of drug-likeness (QED) is 0.735. The van der Waals surface area contributed by atoms with Crippen LogP contribution in [0.5, 0.6) is 11.5 Å². The molecule has 0 aliphatic rings. The average Bonchev–Trinajstić information content (AvgIpc) is 3.00. The van der Waals surface area contributed by atoms with Crippen LogP contribution in [0.1, 0.15) is 16.1 Å². The van der Waals surface area contributed by atoms with Gasteiger partial charge in [0, 0.05) is 18.0 Å². The van der Waals surface area contributed by atoms with E-state index >= 15 is 0 Å². The third-order valence-corrected chi connectivity index (χ3v) is 4.09. The monoisotopic (exact) mass is 379 g/mol. The van der Waals surface area contributed by atoms with Gasteiger partial charge < -0.3 is 19.2 Å². The number of carbonyl (C=O) groups is 1. The number of amides is 1. The molecule has 0 bridgehead atoms. The molecule has 25 heavy (non-hydrogen) atoms. The maximum Gasteiger partial charge on any atom is 0.251 e. The van der Waals surface area contributed by atoms with E-state index in [1.54, 1.807) is 22.7 Å². The molecule has 0 fully saturated rings. The predicted molar refractivity (Wildman–Crippen MR) is 95.9 cm³/mol. The van der Waals surface area contributed by atoms with Gasteiger partial charge in [0.2, 0.25) is 0 Å². The van der Waals surface area contributed by atoms with Gasteiger partial charge in [0.05, 0.1) is 36.5 Å². The highest BCUT2D eigenvalue weighted by molar-refractivity contribution is 6.32. The molecule has 0 saturated carbocycles. The number of rotatable bonds is 5. The Balaban J connectivity index is 1.76. The first-order valence-corrected chi connectivity index (χ1v) is 8.10. The molecule has 0 aliphatic heterocycles. The summed E-state index contributed by atoms with van der Waals surface area (Å²) >= 11 is 12.1. The van der Waals surface area contributed by atoms with Crippen LogP contribution in [0.15, 0.2) is 36.7 Å². The number of carbonyl (C=O) groups excluding carboxylic acids is 1. The first-order chi connectivity index (χ1) is 12.0. The lowest BCUT2D eigenvalue weighted by molar-refractivity contribution is 0.0950. The lowest BCUT2D eigenvalue weighted by Crippen LogP contribution is -2.23. The van der Waals surface area contributed by atoms with E-state index in [1.807, 2.05) is 12.3 Å². The van der Waals surface area contributed by atoms with Crippen LogP contribution in [0, 0.1) is 0 Å². The molecular weight excluding hydrogens is 365 g/mol. The summed E-state index contributed by atoms with van der Waals surface area (Å²) in [5.74, 6) is 0.485. The minimum atomic E-state index is -0.294. The van der Waals surface area contributed by atoms with Crippen LogP contribution in [0.3, 0.4) is 0 Å². The van der Waals surface area contributed by atoms with Crippen molar-refractivity contribution in [3.05, 3.63) is 58.0 Å². The number of benzene rings is 1. The molecule has 3 aromatic rings. The highest BCUT2D eigenvalue weighted by Crippen LogP contribution is 2.35. The van der Waals surface area contributed by atoms with Crippen molar-refractivity contribution in [1.29, 1.82) is 0 Å². The Morgan fingerprint density at radius 2 is 2.00 bits per heavy atom. The molecule has 1 amide bonds. The molecule has 2 heterocycles. The van der Waals surface area contributed by atoms with E-state index < -0.39 is 0 Å². The third-order valence-electron chi connectivity index (χ3n) is 3.59. The Morgan fingerprint density at radius 3 is 2.72 bits per heavy atom. The largest absolute Gasteiger partial charge is 0.493 e. The molecule has 130 valence electrons. The van der Waals surface area contributed by atoms with E-state index in [0.717, 1.165) is 5.65 Å². The molecular formula is C17H15Cl2N3O3. The second kappa shape index (κ2) is 7.21. The van der Waals surface area contributed by atoms with E-state index in [1.165, 1.54) is 20.3 Å². The summed E-state index contributed by atoms with van der Waals surface area (Å²) in [6.07, 6.45) is 3.56. The lowest BCUT2D eigenvalue weighted by atomic mass is 10.2. The zero-order valence-corrected chi connectivity index (χ0v) is 15.1. The lowest BCUT2D eigenvalue weighted by Gasteiger charge is -2.11. The van der Waals surface area contributed by atoms with E-state index in [0.29, 0.717) is 32.8 Å². The summed E-state index contributed by atoms with van der Waals surface area (Å²) in [5.41, 5.74) is 1.83. The number of pyridine rings is 1. The highest BCUT2D eigenvalue weighted by Gasteiger charge is 2.15. The summed E-state index contributed by atoms with van der Waals surface area (Å²) in [7, 11) is 2.97. The SMILES string of the molecule is COc1cc(C(=O)NCc2cn3cc(Cl)ccc3n2)cc(Cl)c1OC. The van der Waals surface area contributed by atoms with E-state index in [9.17, 15) is 4.79 Å². The van der Waals surface area contributed by atoms with Gasteiger partial charge >= 0.3 is 0 Å². The third kappa shape index (κ3) is 3.65. The molecule has 6 nitrogen and oxygen atoms in total. The summed E-state index contributed by atoms with van der Waals surface area (Å²) in [6, 6.07) is 6.67. The number of hydrogen-bond acceptors (Lipinski definition) is 4. The van der Waals surface area contributed by atoms with Crippen molar-refractivity contribution in [3.8, 4) is 11.5 Å². The zero-order valence-electron chi connectivity index (χ0n) is 13.5. The van der Waals surface area contributed by atoms with Crippen molar-refractivity contribution in [2.24, 2.45) is 0 Å². The second-order valence-corrected chi connectivity index (χ2v) is 6.06. The normalized spacial score (nSPS) is 10.7. The number of methoxy groups -OCH3 is 2. The number of ether oxygens (including phenoxy) is 2. The molecule has 8 heteroatoms. The van der Waals surface area contributed by atoms with Crippen molar-refractivity contribution in [3.63, 3.8) is 0 Å². The molecule has 0 unspecified atom stereocenters. The van der Waals surface area contributed by atoms with Crippen LogP contribution in [-0.2, 0) is 6.54 Å². The smallest absolute Gasteiger partial charge is 0.251 e. The average molecular weight is 380 g/mol. The Morgan fingerprint density at radius 1 is 1.20 bits per heavy atom. The van der Waals surface area contributed by atoms with Gasteiger partial charge in [-0.2, -0.15) is 0 Å². The number of halogens is 2. The summed E-state index contributed by atoms with van der Waals surface area (Å²) in [6.45, 7) is 0.268. The fourth-order valence-electron chi connectivity index (χ4n) is 2.42. The fraction of sp³-hybridized carbons (Fsp3) is 0.176. The molecule has 0 spiro atoms. The highest BCUT2D eigenvalue weighted by atomic mass is 35.5. The Labute approximate surface area is 154 Å². The Kier molecular flexibility index (Phi) is 5.01. The number of fused-ring (bicyclic) bond motifs is 1. The van der Waals surface area contributed by atoms with Gasteiger partial charge in [-0.15, -0.1) is 0 Å². The molecule has 3 rings (SSSR count). The minimum Gasteiger partial charge on any atom is -0.493 e. The molecule has 1 aromatic carbocycles. The van der Waals surface area contributed by atoms with E-state index in [4.69, 9.17) is 32.7 Å². The second-order valence-electron chi connectivity index (χ2n) is 5.22. The zero-order chi connectivity index (χ0) is 18.0. The molecule has 1 N–H and O–H groups in total. The van der Waals surface area contributed by atoms with Crippen LogP contribution >= 0.6 is 23.2 Å². The molecule has 0 radical (unpaired) electrons. The Hall–Kier alpha value is -2.44. The number of nitrogens with one attached hydrogen (secondary N) is 1. The molecule has 0 saturated heterocycles.